The molecule has 1 amide bonds. The fourth-order valence-corrected chi connectivity index (χ4v) is 4.69. The summed E-state index contributed by atoms with van der Waals surface area (Å²) in [5.74, 6) is -0.0458. The number of nitrogens with zero attached hydrogens (tertiary/aromatic N) is 1. The number of sulfonamides is 1. The number of benzene rings is 1. The van der Waals surface area contributed by atoms with E-state index in [1.165, 1.54) is 34.9 Å². The van der Waals surface area contributed by atoms with E-state index in [2.05, 4.69) is 5.32 Å². The number of amides is 1. The Hall–Kier alpha value is -1.94. The number of methoxy groups -OCH3 is 1. The lowest BCUT2D eigenvalue weighted by Crippen LogP contribution is -2.40. The molecule has 0 bridgehead atoms. The molecular weight excluding hydrogens is 364 g/mol. The number of thiophene rings is 1. The first kappa shape index (κ1) is 17.9. The number of carbonyl (C=O) groups excluding carboxylic acids is 1. The van der Waals surface area contributed by atoms with Crippen LogP contribution in [0.15, 0.2) is 40.6 Å². The van der Waals surface area contributed by atoms with Gasteiger partial charge in [-0.15, -0.1) is 11.3 Å². The Kier molecular flexibility index (Phi) is 5.38. The van der Waals surface area contributed by atoms with Crippen molar-refractivity contribution in [3.05, 3.63) is 40.6 Å². The zero-order valence-electron chi connectivity index (χ0n) is 13.6. The summed E-state index contributed by atoms with van der Waals surface area (Å²) in [5.41, 5.74) is 0.394. The number of carbonyl (C=O) groups is 1. The van der Waals surface area contributed by atoms with E-state index < -0.39 is 10.0 Å². The zero-order chi connectivity index (χ0) is 17.9. The van der Waals surface area contributed by atoms with Gasteiger partial charge in [0.1, 0.15) is 10.6 Å². The van der Waals surface area contributed by atoms with Crippen LogP contribution >= 0.6 is 11.3 Å². The maximum atomic E-state index is 12.9. The molecule has 2 aromatic rings. The van der Waals surface area contributed by atoms with Gasteiger partial charge < -0.3 is 14.8 Å². The second kappa shape index (κ2) is 7.52. The molecular formula is C16H18N2O5S2. The zero-order valence-corrected chi connectivity index (χ0v) is 15.2. The van der Waals surface area contributed by atoms with Crippen molar-refractivity contribution >= 4 is 33.0 Å². The Bertz CT molecular complexity index is 843. The third kappa shape index (κ3) is 3.84. The van der Waals surface area contributed by atoms with Crippen LogP contribution in [-0.2, 0) is 14.8 Å². The van der Waals surface area contributed by atoms with Crippen molar-refractivity contribution in [1.29, 1.82) is 0 Å². The van der Waals surface area contributed by atoms with Crippen molar-refractivity contribution < 1.29 is 22.7 Å². The number of hydrogen-bond acceptors (Lipinski definition) is 6. The van der Waals surface area contributed by atoms with Crippen molar-refractivity contribution in [3.8, 4) is 5.75 Å². The van der Waals surface area contributed by atoms with E-state index >= 15 is 0 Å². The third-order valence-electron chi connectivity index (χ3n) is 3.75. The van der Waals surface area contributed by atoms with Gasteiger partial charge in [0.15, 0.2) is 0 Å². The average molecular weight is 382 g/mol. The molecule has 0 saturated carbocycles. The largest absolute Gasteiger partial charge is 0.495 e. The van der Waals surface area contributed by atoms with E-state index in [4.69, 9.17) is 9.47 Å². The van der Waals surface area contributed by atoms with E-state index in [-0.39, 0.29) is 29.6 Å². The van der Waals surface area contributed by atoms with Gasteiger partial charge in [0, 0.05) is 18.8 Å². The second-order valence-corrected chi connectivity index (χ2v) is 8.17. The van der Waals surface area contributed by atoms with Crippen LogP contribution in [0.4, 0.5) is 5.69 Å². The van der Waals surface area contributed by atoms with E-state index in [1.807, 2.05) is 0 Å². The normalized spacial score (nSPS) is 15.7. The molecule has 1 aliphatic heterocycles. The number of hydrogen-bond donors (Lipinski definition) is 1. The van der Waals surface area contributed by atoms with Crippen LogP contribution in [0.2, 0.25) is 0 Å². The Morgan fingerprint density at radius 1 is 1.28 bits per heavy atom. The SMILES string of the molecule is COc1ccc(NC(=O)c2cccs2)cc1S(=O)(=O)N1CCOCC1. The van der Waals surface area contributed by atoms with Gasteiger partial charge in [-0.3, -0.25) is 4.79 Å². The molecule has 0 aliphatic carbocycles. The Morgan fingerprint density at radius 3 is 2.68 bits per heavy atom. The molecule has 0 spiro atoms. The van der Waals surface area contributed by atoms with Crippen molar-refractivity contribution in [2.45, 2.75) is 4.90 Å². The van der Waals surface area contributed by atoms with Gasteiger partial charge in [-0.05, 0) is 29.6 Å². The quantitative estimate of drug-likeness (QED) is 0.855. The first-order chi connectivity index (χ1) is 12.0. The maximum Gasteiger partial charge on any atom is 0.265 e. The monoisotopic (exact) mass is 382 g/mol. The van der Waals surface area contributed by atoms with Crippen molar-refractivity contribution in [2.24, 2.45) is 0 Å². The maximum absolute atomic E-state index is 12.9. The fraction of sp³-hybridized carbons (Fsp3) is 0.312. The van der Waals surface area contributed by atoms with E-state index in [0.29, 0.717) is 23.8 Å². The predicted molar refractivity (Wildman–Crippen MR) is 94.8 cm³/mol. The standard InChI is InChI=1S/C16H18N2O5S2/c1-22-13-5-4-12(17-16(19)14-3-2-10-24-14)11-15(13)25(20,21)18-6-8-23-9-7-18/h2-5,10-11H,6-9H2,1H3,(H,17,19). The number of ether oxygens (including phenoxy) is 2. The van der Waals surface area contributed by atoms with Crippen LogP contribution in [0.25, 0.3) is 0 Å². The molecule has 2 heterocycles. The summed E-state index contributed by atoms with van der Waals surface area (Å²) in [6.45, 7) is 1.29. The van der Waals surface area contributed by atoms with E-state index in [1.54, 1.807) is 23.6 Å². The molecule has 1 aliphatic rings. The molecule has 0 unspecified atom stereocenters. The number of nitrogens with one attached hydrogen (secondary N) is 1. The molecule has 0 atom stereocenters. The minimum absolute atomic E-state index is 0.0286. The highest BCUT2D eigenvalue weighted by atomic mass is 32.2. The van der Waals surface area contributed by atoms with Gasteiger partial charge >= 0.3 is 0 Å². The third-order valence-corrected chi connectivity index (χ3v) is 6.54. The molecule has 1 fully saturated rings. The summed E-state index contributed by atoms with van der Waals surface area (Å²) >= 11 is 1.31. The smallest absolute Gasteiger partial charge is 0.265 e. The second-order valence-electron chi connectivity index (χ2n) is 5.31. The summed E-state index contributed by atoms with van der Waals surface area (Å²) in [7, 11) is -2.32. The van der Waals surface area contributed by atoms with Crippen molar-refractivity contribution in [3.63, 3.8) is 0 Å². The van der Waals surface area contributed by atoms with E-state index in [0.717, 1.165) is 0 Å². The van der Waals surface area contributed by atoms with Gasteiger partial charge in [-0.1, -0.05) is 6.07 Å². The van der Waals surface area contributed by atoms with Crippen LogP contribution in [0.1, 0.15) is 9.67 Å². The number of anilines is 1. The highest BCUT2D eigenvalue weighted by Crippen LogP contribution is 2.30. The number of morpholine rings is 1. The molecule has 1 aromatic carbocycles. The summed E-state index contributed by atoms with van der Waals surface area (Å²) in [6.07, 6.45) is 0. The van der Waals surface area contributed by atoms with Gasteiger partial charge in [0.2, 0.25) is 10.0 Å². The average Bonchev–Trinajstić information content (AvgIpc) is 3.17. The molecule has 7 nitrogen and oxygen atoms in total. The molecule has 1 N–H and O–H groups in total. The molecule has 1 aromatic heterocycles. The summed E-state index contributed by atoms with van der Waals surface area (Å²) in [6, 6.07) is 8.06. The fourth-order valence-electron chi connectivity index (χ4n) is 2.48. The highest BCUT2D eigenvalue weighted by Gasteiger charge is 2.29. The predicted octanol–water partition coefficient (Wildman–Crippen LogP) is 2.03. The van der Waals surface area contributed by atoms with Crippen molar-refractivity contribution in [1.82, 2.24) is 4.31 Å². The molecule has 0 radical (unpaired) electrons. The molecule has 25 heavy (non-hydrogen) atoms. The number of rotatable bonds is 5. The lowest BCUT2D eigenvalue weighted by atomic mass is 10.3. The summed E-state index contributed by atoms with van der Waals surface area (Å²) in [5, 5.41) is 4.52. The Morgan fingerprint density at radius 2 is 2.04 bits per heavy atom. The van der Waals surface area contributed by atoms with Crippen LogP contribution in [-0.4, -0.2) is 52.0 Å². The van der Waals surface area contributed by atoms with Gasteiger partial charge in [-0.2, -0.15) is 4.31 Å². The molecule has 3 rings (SSSR count). The summed E-state index contributed by atoms with van der Waals surface area (Å²) in [4.78, 5) is 12.8. The Balaban J connectivity index is 1.91. The lowest BCUT2D eigenvalue weighted by Gasteiger charge is -2.26. The van der Waals surface area contributed by atoms with Crippen LogP contribution in [0.5, 0.6) is 5.75 Å². The lowest BCUT2D eigenvalue weighted by molar-refractivity contribution is 0.0729. The molecule has 134 valence electrons. The van der Waals surface area contributed by atoms with Gasteiger partial charge in [0.25, 0.3) is 5.91 Å². The first-order valence-electron chi connectivity index (χ1n) is 7.63. The molecule has 1 saturated heterocycles. The topological polar surface area (TPSA) is 84.9 Å². The van der Waals surface area contributed by atoms with Crippen LogP contribution < -0.4 is 10.1 Å². The Labute approximate surface area is 150 Å². The van der Waals surface area contributed by atoms with Crippen molar-refractivity contribution in [2.75, 3.05) is 38.7 Å². The van der Waals surface area contributed by atoms with Crippen LogP contribution in [0, 0.1) is 0 Å². The minimum atomic E-state index is -3.74. The van der Waals surface area contributed by atoms with Crippen LogP contribution in [0.3, 0.4) is 0 Å². The van der Waals surface area contributed by atoms with Gasteiger partial charge in [-0.25, -0.2) is 8.42 Å². The van der Waals surface area contributed by atoms with E-state index in [9.17, 15) is 13.2 Å². The first-order valence-corrected chi connectivity index (χ1v) is 9.95. The summed E-state index contributed by atoms with van der Waals surface area (Å²) < 4.78 is 37.6. The highest BCUT2D eigenvalue weighted by molar-refractivity contribution is 7.89. The molecule has 9 heteroatoms. The minimum Gasteiger partial charge on any atom is -0.495 e. The van der Waals surface area contributed by atoms with Gasteiger partial charge in [0.05, 0.1) is 25.2 Å².